The monoisotopic (exact) mass is 282 g/mol. The molecule has 0 unspecified atom stereocenters. The minimum absolute atomic E-state index is 0.603. The number of rotatable bonds is 2. The maximum Gasteiger partial charge on any atom is 0.187 e. The first-order valence-electron chi connectivity index (χ1n) is 6.60. The number of nitriles is 1. The number of benzene rings is 2. The molecule has 0 amide bonds. The van der Waals surface area contributed by atoms with Gasteiger partial charge in [0.1, 0.15) is 0 Å². The summed E-state index contributed by atoms with van der Waals surface area (Å²) in [5.41, 5.74) is 4.58. The summed E-state index contributed by atoms with van der Waals surface area (Å²) in [7, 11) is 0. The molecule has 0 radical (unpaired) electrons. The summed E-state index contributed by atoms with van der Waals surface area (Å²) in [5, 5.41) is 8.80. The Morgan fingerprint density at radius 2 is 1.32 bits per heavy atom. The van der Waals surface area contributed by atoms with Crippen molar-refractivity contribution in [3.8, 4) is 28.6 Å². The van der Waals surface area contributed by atoms with Gasteiger partial charge < -0.3 is 0 Å². The molecule has 4 nitrogen and oxygen atoms in total. The molecule has 0 aliphatic rings. The second kappa shape index (κ2) is 5.87. The molecule has 1 aromatic heterocycles. The summed E-state index contributed by atoms with van der Waals surface area (Å²) in [5.74, 6) is 0. The van der Waals surface area contributed by atoms with Crippen LogP contribution in [0.5, 0.6) is 0 Å². The van der Waals surface area contributed by atoms with Crippen molar-refractivity contribution >= 4 is 5.69 Å². The summed E-state index contributed by atoms with van der Waals surface area (Å²) in [6, 6.07) is 16.6. The summed E-state index contributed by atoms with van der Waals surface area (Å²) < 4.78 is 0. The molecule has 102 valence electrons. The van der Waals surface area contributed by atoms with Crippen LogP contribution in [0.15, 0.2) is 60.9 Å². The van der Waals surface area contributed by atoms with Crippen molar-refractivity contribution in [3.05, 3.63) is 77.9 Å². The second-order valence-corrected chi connectivity index (χ2v) is 4.63. The second-order valence-electron chi connectivity index (χ2n) is 4.63. The highest BCUT2D eigenvalue weighted by Gasteiger charge is 2.03. The normalized spacial score (nSPS) is 9.73. The maximum absolute atomic E-state index is 8.80. The molecule has 3 rings (SSSR count). The van der Waals surface area contributed by atoms with E-state index in [9.17, 15) is 0 Å². The molecule has 0 saturated carbocycles. The van der Waals surface area contributed by atoms with Crippen LogP contribution in [-0.4, -0.2) is 9.97 Å². The van der Waals surface area contributed by atoms with E-state index in [0.29, 0.717) is 11.3 Å². The van der Waals surface area contributed by atoms with Crippen LogP contribution in [0.3, 0.4) is 0 Å². The smallest absolute Gasteiger partial charge is 0.187 e. The zero-order valence-electron chi connectivity index (χ0n) is 11.6. The van der Waals surface area contributed by atoms with Crippen molar-refractivity contribution in [1.29, 1.82) is 5.26 Å². The molecule has 3 aromatic rings. The molecule has 0 fully saturated rings. The van der Waals surface area contributed by atoms with Gasteiger partial charge in [-0.3, -0.25) is 9.97 Å². The van der Waals surface area contributed by atoms with Gasteiger partial charge in [0.15, 0.2) is 5.69 Å². The molecular formula is C18H10N4. The molecule has 0 N–H and O–H groups in total. The van der Waals surface area contributed by atoms with E-state index in [1.165, 1.54) is 0 Å². The van der Waals surface area contributed by atoms with Gasteiger partial charge in [-0.05, 0) is 17.7 Å². The molecule has 1 heterocycles. The minimum atomic E-state index is 0.603. The number of nitrogens with zero attached hydrogens (tertiary/aromatic N) is 4. The molecule has 0 aliphatic carbocycles. The fraction of sp³-hybridized carbons (Fsp3) is 0. The molecule has 0 spiro atoms. The Bertz CT molecular complexity index is 788. The van der Waals surface area contributed by atoms with Gasteiger partial charge in [0.05, 0.1) is 42.0 Å². The maximum atomic E-state index is 8.80. The quantitative estimate of drug-likeness (QED) is 0.661. The van der Waals surface area contributed by atoms with E-state index >= 15 is 0 Å². The van der Waals surface area contributed by atoms with Crippen LogP contribution >= 0.6 is 0 Å². The van der Waals surface area contributed by atoms with E-state index in [0.717, 1.165) is 22.5 Å². The Morgan fingerprint density at radius 3 is 1.73 bits per heavy atom. The zero-order chi connectivity index (χ0) is 15.4. The van der Waals surface area contributed by atoms with Crippen LogP contribution in [-0.2, 0) is 0 Å². The fourth-order valence-corrected chi connectivity index (χ4v) is 2.05. The van der Waals surface area contributed by atoms with Gasteiger partial charge in [0, 0.05) is 5.56 Å². The molecule has 2 aromatic carbocycles. The number of aromatic nitrogens is 2. The lowest BCUT2D eigenvalue weighted by Gasteiger charge is -2.03. The Kier molecular flexibility index (Phi) is 3.59. The first kappa shape index (κ1) is 13.5. The average Bonchev–Trinajstić information content (AvgIpc) is 2.62. The van der Waals surface area contributed by atoms with Crippen LogP contribution in [0.1, 0.15) is 5.56 Å². The Hall–Kier alpha value is -3.50. The van der Waals surface area contributed by atoms with Crippen LogP contribution in [0, 0.1) is 17.9 Å². The molecule has 0 saturated heterocycles. The van der Waals surface area contributed by atoms with Crippen LogP contribution in [0.2, 0.25) is 0 Å². The highest BCUT2D eigenvalue weighted by molar-refractivity contribution is 5.65. The Morgan fingerprint density at radius 1 is 0.818 bits per heavy atom. The summed E-state index contributed by atoms with van der Waals surface area (Å²) >= 11 is 0. The Balaban J connectivity index is 1.88. The predicted molar refractivity (Wildman–Crippen MR) is 83.9 cm³/mol. The zero-order valence-corrected chi connectivity index (χ0v) is 11.6. The van der Waals surface area contributed by atoms with Gasteiger partial charge in [-0.25, -0.2) is 4.85 Å². The first-order chi connectivity index (χ1) is 10.8. The third-order valence-corrected chi connectivity index (χ3v) is 3.25. The van der Waals surface area contributed by atoms with E-state index in [-0.39, 0.29) is 0 Å². The lowest BCUT2D eigenvalue weighted by molar-refractivity contribution is 1.21. The topological polar surface area (TPSA) is 53.9 Å². The van der Waals surface area contributed by atoms with Crippen molar-refractivity contribution in [3.63, 3.8) is 0 Å². The van der Waals surface area contributed by atoms with Crippen molar-refractivity contribution in [1.82, 2.24) is 9.97 Å². The molecular weight excluding hydrogens is 272 g/mol. The van der Waals surface area contributed by atoms with Crippen molar-refractivity contribution in [2.45, 2.75) is 0 Å². The highest BCUT2D eigenvalue weighted by Crippen LogP contribution is 2.22. The lowest BCUT2D eigenvalue weighted by Crippen LogP contribution is -1.89. The van der Waals surface area contributed by atoms with E-state index in [1.807, 2.05) is 24.3 Å². The van der Waals surface area contributed by atoms with Crippen molar-refractivity contribution < 1.29 is 0 Å². The lowest BCUT2D eigenvalue weighted by atomic mass is 10.1. The van der Waals surface area contributed by atoms with Crippen molar-refractivity contribution in [2.75, 3.05) is 0 Å². The van der Waals surface area contributed by atoms with E-state index in [1.54, 1.807) is 36.7 Å². The predicted octanol–water partition coefficient (Wildman–Crippen LogP) is 4.23. The third kappa shape index (κ3) is 2.67. The summed E-state index contributed by atoms with van der Waals surface area (Å²) in [6.07, 6.45) is 3.42. The fourth-order valence-electron chi connectivity index (χ4n) is 2.05. The first-order valence-corrected chi connectivity index (χ1v) is 6.60. The van der Waals surface area contributed by atoms with Gasteiger partial charge in [-0.15, -0.1) is 0 Å². The summed E-state index contributed by atoms with van der Waals surface area (Å²) in [6.45, 7) is 6.95. The van der Waals surface area contributed by atoms with Crippen LogP contribution < -0.4 is 0 Å². The summed E-state index contributed by atoms with van der Waals surface area (Å²) in [4.78, 5) is 12.2. The highest BCUT2D eigenvalue weighted by atomic mass is 14.8. The van der Waals surface area contributed by atoms with Crippen LogP contribution in [0.25, 0.3) is 27.4 Å². The van der Waals surface area contributed by atoms with Gasteiger partial charge in [0.2, 0.25) is 0 Å². The number of hydrogen-bond donors (Lipinski definition) is 0. The van der Waals surface area contributed by atoms with Gasteiger partial charge >= 0.3 is 0 Å². The van der Waals surface area contributed by atoms with Crippen molar-refractivity contribution in [2.24, 2.45) is 0 Å². The van der Waals surface area contributed by atoms with E-state index in [4.69, 9.17) is 11.8 Å². The third-order valence-electron chi connectivity index (χ3n) is 3.25. The van der Waals surface area contributed by atoms with Gasteiger partial charge in [-0.2, -0.15) is 5.26 Å². The minimum Gasteiger partial charge on any atom is -0.252 e. The number of hydrogen-bond acceptors (Lipinski definition) is 3. The van der Waals surface area contributed by atoms with Gasteiger partial charge in [0.25, 0.3) is 0 Å². The largest absolute Gasteiger partial charge is 0.252 e. The standard InChI is InChI=1S/C18H10N4/c1-20-16-8-6-15(7-9-16)18-12-21-17(11-22-18)14-4-2-13(10-19)3-5-14/h2-9,11-12H. The van der Waals surface area contributed by atoms with Crippen LogP contribution in [0.4, 0.5) is 5.69 Å². The van der Waals surface area contributed by atoms with E-state index in [2.05, 4.69) is 20.9 Å². The Labute approximate surface area is 128 Å². The van der Waals surface area contributed by atoms with E-state index < -0.39 is 0 Å². The molecule has 0 aliphatic heterocycles. The average molecular weight is 282 g/mol. The SMILES string of the molecule is [C-]#[N+]c1ccc(-c2cnc(-c3ccc(C#N)cc3)cn2)cc1. The van der Waals surface area contributed by atoms with Gasteiger partial charge in [-0.1, -0.05) is 36.4 Å². The molecule has 0 bridgehead atoms. The molecule has 22 heavy (non-hydrogen) atoms. The molecule has 4 heteroatoms. The molecule has 0 atom stereocenters.